The number of phenolic OH excluding ortho intramolecular Hbond substituents is 1. The SMILES string of the molecule is Oc1cccc(Br)c1CBr. The lowest BCUT2D eigenvalue weighted by molar-refractivity contribution is 0.470. The van der Waals surface area contributed by atoms with E-state index in [9.17, 15) is 5.11 Å². The van der Waals surface area contributed by atoms with Gasteiger partial charge in [-0.15, -0.1) is 0 Å². The highest BCUT2D eigenvalue weighted by atomic mass is 79.9. The van der Waals surface area contributed by atoms with Gasteiger partial charge in [0.25, 0.3) is 0 Å². The third kappa shape index (κ3) is 1.52. The fourth-order valence-corrected chi connectivity index (χ4v) is 2.14. The maximum Gasteiger partial charge on any atom is 0.120 e. The van der Waals surface area contributed by atoms with Gasteiger partial charge < -0.3 is 5.11 Å². The van der Waals surface area contributed by atoms with E-state index in [-0.39, 0.29) is 0 Å². The molecule has 1 aromatic rings. The molecule has 0 unspecified atom stereocenters. The lowest BCUT2D eigenvalue weighted by Gasteiger charge is -2.01. The van der Waals surface area contributed by atoms with Gasteiger partial charge in [0.05, 0.1) is 0 Å². The molecule has 0 aliphatic carbocycles. The molecule has 0 aromatic heterocycles. The first kappa shape index (κ1) is 8.08. The Hall–Kier alpha value is -0.0200. The van der Waals surface area contributed by atoms with Crippen molar-refractivity contribution in [3.05, 3.63) is 28.2 Å². The van der Waals surface area contributed by atoms with Crippen LogP contribution < -0.4 is 0 Å². The van der Waals surface area contributed by atoms with E-state index in [1.54, 1.807) is 12.1 Å². The summed E-state index contributed by atoms with van der Waals surface area (Å²) in [7, 11) is 0. The summed E-state index contributed by atoms with van der Waals surface area (Å²) in [6.07, 6.45) is 0. The zero-order chi connectivity index (χ0) is 7.56. The second-order valence-corrected chi connectivity index (χ2v) is 3.29. The summed E-state index contributed by atoms with van der Waals surface area (Å²) >= 11 is 6.59. The van der Waals surface area contributed by atoms with E-state index in [0.29, 0.717) is 11.1 Å². The predicted molar refractivity (Wildman–Crippen MR) is 48.4 cm³/mol. The molecule has 1 aromatic carbocycles. The van der Waals surface area contributed by atoms with Crippen molar-refractivity contribution in [3.63, 3.8) is 0 Å². The highest BCUT2D eigenvalue weighted by Crippen LogP contribution is 2.27. The van der Waals surface area contributed by atoms with Crippen molar-refractivity contribution in [2.75, 3.05) is 0 Å². The maximum atomic E-state index is 9.23. The van der Waals surface area contributed by atoms with Gasteiger partial charge in [-0.25, -0.2) is 0 Å². The first-order valence-electron chi connectivity index (χ1n) is 2.78. The van der Waals surface area contributed by atoms with E-state index in [2.05, 4.69) is 31.9 Å². The van der Waals surface area contributed by atoms with Crippen molar-refractivity contribution in [1.82, 2.24) is 0 Å². The number of phenols is 1. The molecule has 54 valence electrons. The number of hydrogen-bond donors (Lipinski definition) is 1. The van der Waals surface area contributed by atoms with E-state index in [1.165, 1.54) is 0 Å². The highest BCUT2D eigenvalue weighted by Gasteiger charge is 2.01. The van der Waals surface area contributed by atoms with Gasteiger partial charge in [0.15, 0.2) is 0 Å². The summed E-state index contributed by atoms with van der Waals surface area (Å²) in [5, 5.41) is 9.90. The van der Waals surface area contributed by atoms with Crippen LogP contribution in [0.5, 0.6) is 5.75 Å². The molecule has 3 heteroatoms. The fourth-order valence-electron chi connectivity index (χ4n) is 0.680. The molecule has 0 saturated heterocycles. The van der Waals surface area contributed by atoms with E-state index >= 15 is 0 Å². The molecule has 10 heavy (non-hydrogen) atoms. The van der Waals surface area contributed by atoms with Gasteiger partial charge >= 0.3 is 0 Å². The van der Waals surface area contributed by atoms with Crippen LogP contribution in [-0.4, -0.2) is 5.11 Å². The Morgan fingerprint density at radius 3 is 2.50 bits per heavy atom. The molecule has 0 bridgehead atoms. The van der Waals surface area contributed by atoms with E-state index < -0.39 is 0 Å². The normalized spacial score (nSPS) is 9.80. The summed E-state index contributed by atoms with van der Waals surface area (Å²) in [5.74, 6) is 0.325. The number of hydrogen-bond acceptors (Lipinski definition) is 1. The number of aromatic hydroxyl groups is 1. The average molecular weight is 266 g/mol. The summed E-state index contributed by atoms with van der Waals surface area (Å²) in [6.45, 7) is 0. The molecule has 0 aliphatic heterocycles. The molecule has 0 amide bonds. The molecule has 0 heterocycles. The smallest absolute Gasteiger partial charge is 0.120 e. The van der Waals surface area contributed by atoms with Crippen molar-refractivity contribution < 1.29 is 5.11 Å². The Labute approximate surface area is 76.3 Å². The van der Waals surface area contributed by atoms with Crippen LogP contribution in [0.25, 0.3) is 0 Å². The maximum absolute atomic E-state index is 9.23. The lowest BCUT2D eigenvalue weighted by atomic mass is 10.2. The van der Waals surface area contributed by atoms with Gasteiger partial charge in [-0.3, -0.25) is 0 Å². The second-order valence-electron chi connectivity index (χ2n) is 1.87. The zero-order valence-electron chi connectivity index (χ0n) is 5.14. The number of halogens is 2. The monoisotopic (exact) mass is 264 g/mol. The standard InChI is InChI=1S/C7H6Br2O/c8-4-5-6(9)2-1-3-7(5)10/h1-3,10H,4H2. The Morgan fingerprint density at radius 2 is 2.10 bits per heavy atom. The number of rotatable bonds is 1. The van der Waals surface area contributed by atoms with Crippen LogP contribution in [0.3, 0.4) is 0 Å². The lowest BCUT2D eigenvalue weighted by Crippen LogP contribution is -1.79. The fraction of sp³-hybridized carbons (Fsp3) is 0.143. The van der Waals surface area contributed by atoms with Gasteiger partial charge in [-0.1, -0.05) is 37.9 Å². The number of benzene rings is 1. The molecule has 0 fully saturated rings. The van der Waals surface area contributed by atoms with Gasteiger partial charge in [0, 0.05) is 15.4 Å². The summed E-state index contributed by atoms with van der Waals surface area (Å²) in [4.78, 5) is 0. The first-order valence-corrected chi connectivity index (χ1v) is 4.69. The van der Waals surface area contributed by atoms with E-state index in [1.807, 2.05) is 6.07 Å². The topological polar surface area (TPSA) is 20.2 Å². The van der Waals surface area contributed by atoms with Crippen molar-refractivity contribution in [2.45, 2.75) is 5.33 Å². The van der Waals surface area contributed by atoms with Crippen molar-refractivity contribution in [1.29, 1.82) is 0 Å². The highest BCUT2D eigenvalue weighted by molar-refractivity contribution is 9.10. The van der Waals surface area contributed by atoms with Crippen LogP contribution in [0.15, 0.2) is 22.7 Å². The summed E-state index contributed by atoms with van der Waals surface area (Å²) < 4.78 is 0.935. The molecular weight excluding hydrogens is 260 g/mol. The second kappa shape index (κ2) is 3.39. The molecule has 1 N–H and O–H groups in total. The minimum Gasteiger partial charge on any atom is -0.508 e. The van der Waals surface area contributed by atoms with Crippen LogP contribution in [-0.2, 0) is 5.33 Å². The van der Waals surface area contributed by atoms with Gasteiger partial charge in [0.2, 0.25) is 0 Å². The van der Waals surface area contributed by atoms with Crippen molar-refractivity contribution >= 4 is 31.9 Å². The summed E-state index contributed by atoms with van der Waals surface area (Å²) in [5.41, 5.74) is 0.891. The molecule has 0 aliphatic rings. The molecule has 0 atom stereocenters. The van der Waals surface area contributed by atoms with E-state index in [0.717, 1.165) is 10.0 Å². The third-order valence-electron chi connectivity index (χ3n) is 1.23. The molecule has 1 rings (SSSR count). The first-order chi connectivity index (χ1) is 4.75. The van der Waals surface area contributed by atoms with Crippen molar-refractivity contribution in [2.24, 2.45) is 0 Å². The van der Waals surface area contributed by atoms with Gasteiger partial charge in [-0.05, 0) is 12.1 Å². The van der Waals surface area contributed by atoms with Crippen LogP contribution in [0.4, 0.5) is 0 Å². The minimum atomic E-state index is 0.325. The third-order valence-corrected chi connectivity index (χ3v) is 2.53. The van der Waals surface area contributed by atoms with Gasteiger partial charge in [0.1, 0.15) is 5.75 Å². The molecule has 0 saturated carbocycles. The molecule has 1 nitrogen and oxygen atoms in total. The van der Waals surface area contributed by atoms with E-state index in [4.69, 9.17) is 0 Å². The average Bonchev–Trinajstić information content (AvgIpc) is 1.88. The largest absolute Gasteiger partial charge is 0.508 e. The van der Waals surface area contributed by atoms with Crippen LogP contribution in [0.1, 0.15) is 5.56 Å². The Bertz CT molecular complexity index is 215. The molecular formula is C7H6Br2O. The Morgan fingerprint density at radius 1 is 1.40 bits per heavy atom. The Kier molecular flexibility index (Phi) is 2.74. The minimum absolute atomic E-state index is 0.325. The van der Waals surface area contributed by atoms with Gasteiger partial charge in [-0.2, -0.15) is 0 Å². The summed E-state index contributed by atoms with van der Waals surface area (Å²) in [6, 6.07) is 5.36. The van der Waals surface area contributed by atoms with Crippen LogP contribution >= 0.6 is 31.9 Å². The quantitative estimate of drug-likeness (QED) is 0.774. The number of alkyl halides is 1. The Balaban J connectivity index is 3.17. The molecule has 0 radical (unpaired) electrons. The zero-order valence-corrected chi connectivity index (χ0v) is 8.31. The van der Waals surface area contributed by atoms with Crippen molar-refractivity contribution in [3.8, 4) is 5.75 Å². The van der Waals surface area contributed by atoms with Crippen LogP contribution in [0.2, 0.25) is 0 Å². The predicted octanol–water partition coefficient (Wildman–Crippen LogP) is 3.05. The van der Waals surface area contributed by atoms with Crippen LogP contribution in [0, 0.1) is 0 Å². The molecule has 0 spiro atoms.